The number of hydrogen-bond acceptors (Lipinski definition) is 2. The van der Waals surface area contributed by atoms with Crippen LogP contribution in [0.15, 0.2) is 18.2 Å². The molecule has 0 atom stereocenters. The van der Waals surface area contributed by atoms with E-state index in [-0.39, 0.29) is 0 Å². The van der Waals surface area contributed by atoms with Crippen molar-refractivity contribution in [3.05, 3.63) is 29.3 Å². The van der Waals surface area contributed by atoms with Gasteiger partial charge in [0.2, 0.25) is 0 Å². The molecule has 84 valence electrons. The molecule has 1 rings (SSSR count). The van der Waals surface area contributed by atoms with Crippen LogP contribution in [0.25, 0.3) is 0 Å². The molecule has 2 heteroatoms. The maximum Gasteiger partial charge on any atom is 0.122 e. The van der Waals surface area contributed by atoms with Gasteiger partial charge in [-0.15, -0.1) is 0 Å². The molecule has 0 radical (unpaired) electrons. The molecule has 0 unspecified atom stereocenters. The highest BCUT2D eigenvalue weighted by Crippen LogP contribution is 2.23. The molecular formula is C13H21NO. The van der Waals surface area contributed by atoms with E-state index in [9.17, 15) is 5.11 Å². The van der Waals surface area contributed by atoms with Crippen molar-refractivity contribution >= 4 is 0 Å². The Morgan fingerprint density at radius 1 is 1.33 bits per heavy atom. The molecule has 1 aromatic carbocycles. The first-order chi connectivity index (χ1) is 7.06. The zero-order valence-electron chi connectivity index (χ0n) is 10.1. The van der Waals surface area contributed by atoms with E-state index in [0.717, 1.165) is 24.2 Å². The van der Waals surface area contributed by atoms with Crippen molar-refractivity contribution in [1.29, 1.82) is 0 Å². The van der Waals surface area contributed by atoms with Crippen LogP contribution in [-0.4, -0.2) is 22.6 Å². The summed E-state index contributed by atoms with van der Waals surface area (Å²) in [4.78, 5) is 2.33. The maximum atomic E-state index is 9.90. The van der Waals surface area contributed by atoms with Gasteiger partial charge in [0, 0.05) is 18.2 Å². The molecule has 1 aromatic rings. The van der Waals surface area contributed by atoms with E-state index in [1.807, 2.05) is 25.1 Å². The van der Waals surface area contributed by atoms with Gasteiger partial charge in [-0.05, 0) is 32.9 Å². The fraction of sp³-hybridized carbons (Fsp3) is 0.538. The van der Waals surface area contributed by atoms with E-state index < -0.39 is 0 Å². The highest BCUT2D eigenvalue weighted by Gasteiger charge is 2.10. The van der Waals surface area contributed by atoms with Crippen LogP contribution >= 0.6 is 0 Å². The van der Waals surface area contributed by atoms with Crippen molar-refractivity contribution in [3.63, 3.8) is 0 Å². The normalized spacial score (nSPS) is 11.3. The largest absolute Gasteiger partial charge is 0.507 e. The summed E-state index contributed by atoms with van der Waals surface area (Å²) in [6.45, 7) is 10.3. The topological polar surface area (TPSA) is 23.5 Å². The molecule has 0 saturated carbocycles. The second-order valence-electron chi connectivity index (χ2n) is 4.24. The molecular weight excluding hydrogens is 186 g/mol. The van der Waals surface area contributed by atoms with Crippen LogP contribution in [0.1, 0.15) is 31.9 Å². The minimum Gasteiger partial charge on any atom is -0.507 e. The summed E-state index contributed by atoms with van der Waals surface area (Å²) in [5, 5.41) is 9.90. The summed E-state index contributed by atoms with van der Waals surface area (Å²) in [6, 6.07) is 6.44. The number of nitrogens with zero attached hydrogens (tertiary/aromatic N) is 1. The smallest absolute Gasteiger partial charge is 0.122 e. The van der Waals surface area contributed by atoms with Crippen molar-refractivity contribution in [1.82, 2.24) is 4.90 Å². The number of aromatic hydroxyl groups is 1. The zero-order valence-corrected chi connectivity index (χ0v) is 10.1. The Morgan fingerprint density at radius 3 is 2.53 bits per heavy atom. The predicted octanol–water partition coefficient (Wildman–Crippen LogP) is 2.93. The molecule has 0 aliphatic heterocycles. The molecule has 0 aliphatic rings. The van der Waals surface area contributed by atoms with Crippen molar-refractivity contribution in [2.45, 2.75) is 40.3 Å². The molecule has 0 heterocycles. The first-order valence-electron chi connectivity index (χ1n) is 5.57. The molecule has 0 saturated heterocycles. The second-order valence-corrected chi connectivity index (χ2v) is 4.24. The molecule has 0 bridgehead atoms. The van der Waals surface area contributed by atoms with E-state index in [0.29, 0.717) is 11.8 Å². The third-order valence-corrected chi connectivity index (χ3v) is 2.83. The van der Waals surface area contributed by atoms with Crippen LogP contribution in [0.2, 0.25) is 0 Å². The average molecular weight is 207 g/mol. The van der Waals surface area contributed by atoms with Gasteiger partial charge >= 0.3 is 0 Å². The van der Waals surface area contributed by atoms with Crippen LogP contribution in [0.4, 0.5) is 0 Å². The lowest BCUT2D eigenvalue weighted by Gasteiger charge is -2.25. The van der Waals surface area contributed by atoms with E-state index >= 15 is 0 Å². The molecule has 2 nitrogen and oxygen atoms in total. The third-order valence-electron chi connectivity index (χ3n) is 2.83. The van der Waals surface area contributed by atoms with E-state index in [1.165, 1.54) is 0 Å². The van der Waals surface area contributed by atoms with Gasteiger partial charge in [-0.3, -0.25) is 4.90 Å². The highest BCUT2D eigenvalue weighted by molar-refractivity contribution is 5.39. The standard InChI is InChI=1S/C13H21NO/c1-5-14(10(2)3)9-12-8-6-7-11(4)13(12)15/h6-8,10,15H,5,9H2,1-4H3. The maximum absolute atomic E-state index is 9.90. The molecule has 15 heavy (non-hydrogen) atoms. The Bertz CT molecular complexity index is 320. The average Bonchev–Trinajstić information content (AvgIpc) is 2.19. The Labute approximate surface area is 92.5 Å². The highest BCUT2D eigenvalue weighted by atomic mass is 16.3. The summed E-state index contributed by atoms with van der Waals surface area (Å²) in [6.07, 6.45) is 0. The van der Waals surface area contributed by atoms with Crippen LogP contribution in [0.5, 0.6) is 5.75 Å². The number of aryl methyl sites for hydroxylation is 1. The van der Waals surface area contributed by atoms with Gasteiger partial charge in [0.05, 0.1) is 0 Å². The fourth-order valence-corrected chi connectivity index (χ4v) is 1.73. The third kappa shape index (κ3) is 2.96. The van der Waals surface area contributed by atoms with Crippen LogP contribution in [0.3, 0.4) is 0 Å². The second kappa shape index (κ2) is 5.17. The monoisotopic (exact) mass is 207 g/mol. The Hall–Kier alpha value is -1.02. The van der Waals surface area contributed by atoms with Crippen molar-refractivity contribution in [2.75, 3.05) is 6.54 Å². The van der Waals surface area contributed by atoms with Crippen molar-refractivity contribution in [2.24, 2.45) is 0 Å². The zero-order chi connectivity index (χ0) is 11.4. The van der Waals surface area contributed by atoms with E-state index in [1.54, 1.807) is 0 Å². The number of benzene rings is 1. The fourth-order valence-electron chi connectivity index (χ4n) is 1.73. The van der Waals surface area contributed by atoms with Crippen molar-refractivity contribution < 1.29 is 5.11 Å². The van der Waals surface area contributed by atoms with Gasteiger partial charge in [-0.25, -0.2) is 0 Å². The Kier molecular flexibility index (Phi) is 4.15. The molecule has 0 aliphatic carbocycles. The van der Waals surface area contributed by atoms with Crippen LogP contribution in [-0.2, 0) is 6.54 Å². The predicted molar refractivity (Wildman–Crippen MR) is 64.1 cm³/mol. The van der Waals surface area contributed by atoms with Gasteiger partial charge < -0.3 is 5.11 Å². The minimum atomic E-state index is 0.441. The van der Waals surface area contributed by atoms with Gasteiger partial charge in [0.1, 0.15) is 5.75 Å². The molecule has 0 amide bonds. The van der Waals surface area contributed by atoms with Gasteiger partial charge in [0.25, 0.3) is 0 Å². The summed E-state index contributed by atoms with van der Waals surface area (Å²) in [7, 11) is 0. The summed E-state index contributed by atoms with van der Waals surface area (Å²) >= 11 is 0. The lowest BCUT2D eigenvalue weighted by molar-refractivity contribution is 0.222. The molecule has 1 N–H and O–H groups in total. The number of phenols is 1. The minimum absolute atomic E-state index is 0.441. The molecule has 0 spiro atoms. The first kappa shape index (κ1) is 12.1. The van der Waals surface area contributed by atoms with E-state index in [2.05, 4.69) is 25.7 Å². The van der Waals surface area contributed by atoms with Crippen molar-refractivity contribution in [3.8, 4) is 5.75 Å². The number of para-hydroxylation sites is 1. The quantitative estimate of drug-likeness (QED) is 0.820. The molecule has 0 aromatic heterocycles. The Morgan fingerprint density at radius 2 is 2.00 bits per heavy atom. The summed E-state index contributed by atoms with van der Waals surface area (Å²) < 4.78 is 0. The number of phenolic OH excluding ortho intramolecular Hbond substituents is 1. The van der Waals surface area contributed by atoms with Gasteiger partial charge in [-0.2, -0.15) is 0 Å². The van der Waals surface area contributed by atoms with E-state index in [4.69, 9.17) is 0 Å². The lowest BCUT2D eigenvalue weighted by Crippen LogP contribution is -2.29. The van der Waals surface area contributed by atoms with Gasteiger partial charge in [0.15, 0.2) is 0 Å². The summed E-state index contributed by atoms with van der Waals surface area (Å²) in [5.74, 6) is 0.441. The lowest BCUT2D eigenvalue weighted by atomic mass is 10.1. The Balaban J connectivity index is 2.84. The van der Waals surface area contributed by atoms with Gasteiger partial charge in [-0.1, -0.05) is 25.1 Å². The first-order valence-corrected chi connectivity index (χ1v) is 5.57. The van der Waals surface area contributed by atoms with Crippen LogP contribution in [0, 0.1) is 6.92 Å². The molecule has 0 fully saturated rings. The number of rotatable bonds is 4. The number of hydrogen-bond donors (Lipinski definition) is 1. The van der Waals surface area contributed by atoms with Crippen LogP contribution < -0.4 is 0 Å². The summed E-state index contributed by atoms with van der Waals surface area (Å²) in [5.41, 5.74) is 1.97. The SMILES string of the molecule is CCN(Cc1cccc(C)c1O)C(C)C.